The number of benzene rings is 2. The molecule has 0 aliphatic carbocycles. The number of aryl methyl sites for hydroxylation is 1. The fourth-order valence-electron chi connectivity index (χ4n) is 4.06. The normalized spacial score (nSPS) is 17.5. The summed E-state index contributed by atoms with van der Waals surface area (Å²) in [6.07, 6.45) is 3.69. The van der Waals surface area contributed by atoms with Crippen LogP contribution in [-0.4, -0.2) is 47.0 Å². The number of nitrogens with one attached hydrogen (secondary N) is 1. The summed E-state index contributed by atoms with van der Waals surface area (Å²) in [7, 11) is 3.87. The van der Waals surface area contributed by atoms with Gasteiger partial charge in [-0.05, 0) is 57.1 Å². The standard InChI is InChI=1S/C22H26N4O/c1-23-22(27)17-11-9-16(10-12-17)21-24-19-7-3-4-8-20(19)26(21)15-13-18-6-5-14-25(18)2/h3-4,7-12,18H,5-6,13-15H2,1-2H3,(H,23,27)/t18-/m0/s1. The Kier molecular flexibility index (Phi) is 4.94. The highest BCUT2D eigenvalue weighted by Crippen LogP contribution is 2.27. The Morgan fingerprint density at radius 1 is 1.19 bits per heavy atom. The number of hydrogen-bond acceptors (Lipinski definition) is 3. The second-order valence-electron chi connectivity index (χ2n) is 7.30. The molecule has 0 radical (unpaired) electrons. The van der Waals surface area contributed by atoms with Gasteiger partial charge in [0.25, 0.3) is 5.91 Å². The fraction of sp³-hybridized carbons (Fsp3) is 0.364. The van der Waals surface area contributed by atoms with E-state index in [-0.39, 0.29) is 5.91 Å². The van der Waals surface area contributed by atoms with Gasteiger partial charge in [0.1, 0.15) is 5.82 Å². The highest BCUT2D eigenvalue weighted by atomic mass is 16.1. The number of aromatic nitrogens is 2. The summed E-state index contributed by atoms with van der Waals surface area (Å²) < 4.78 is 2.33. The second-order valence-corrected chi connectivity index (χ2v) is 7.30. The molecule has 1 N–H and O–H groups in total. The Morgan fingerprint density at radius 2 is 1.96 bits per heavy atom. The van der Waals surface area contributed by atoms with E-state index in [4.69, 9.17) is 4.98 Å². The molecule has 1 saturated heterocycles. The Hall–Kier alpha value is -2.66. The second kappa shape index (κ2) is 7.53. The summed E-state index contributed by atoms with van der Waals surface area (Å²) in [6, 6.07) is 16.7. The van der Waals surface area contributed by atoms with Crippen LogP contribution in [0.15, 0.2) is 48.5 Å². The van der Waals surface area contributed by atoms with Crippen molar-refractivity contribution in [2.24, 2.45) is 0 Å². The van der Waals surface area contributed by atoms with Crippen LogP contribution in [0.5, 0.6) is 0 Å². The van der Waals surface area contributed by atoms with Gasteiger partial charge in [0.2, 0.25) is 0 Å². The molecule has 0 unspecified atom stereocenters. The highest BCUT2D eigenvalue weighted by molar-refractivity contribution is 5.94. The van der Waals surface area contributed by atoms with Crippen LogP contribution >= 0.6 is 0 Å². The number of fused-ring (bicyclic) bond motifs is 1. The van der Waals surface area contributed by atoms with E-state index in [0.29, 0.717) is 11.6 Å². The van der Waals surface area contributed by atoms with Crippen LogP contribution in [0.3, 0.4) is 0 Å². The number of carbonyl (C=O) groups is 1. The van der Waals surface area contributed by atoms with Gasteiger partial charge in [-0.15, -0.1) is 0 Å². The molecule has 0 saturated carbocycles. The Morgan fingerprint density at radius 3 is 2.67 bits per heavy atom. The largest absolute Gasteiger partial charge is 0.355 e. The lowest BCUT2D eigenvalue weighted by molar-refractivity contribution is 0.0963. The number of nitrogens with zero attached hydrogens (tertiary/aromatic N) is 3. The molecule has 2 aromatic carbocycles. The highest BCUT2D eigenvalue weighted by Gasteiger charge is 2.21. The molecule has 1 amide bonds. The molecule has 3 aromatic rings. The molecule has 1 aliphatic rings. The van der Waals surface area contributed by atoms with E-state index < -0.39 is 0 Å². The van der Waals surface area contributed by atoms with Gasteiger partial charge < -0.3 is 14.8 Å². The smallest absolute Gasteiger partial charge is 0.251 e. The van der Waals surface area contributed by atoms with Crippen LogP contribution in [0.4, 0.5) is 0 Å². The number of hydrogen-bond donors (Lipinski definition) is 1. The van der Waals surface area contributed by atoms with Crippen LogP contribution in [0.25, 0.3) is 22.4 Å². The van der Waals surface area contributed by atoms with Crippen molar-refractivity contribution in [1.29, 1.82) is 0 Å². The van der Waals surface area contributed by atoms with E-state index in [1.165, 1.54) is 24.9 Å². The van der Waals surface area contributed by atoms with Crippen LogP contribution in [-0.2, 0) is 6.54 Å². The monoisotopic (exact) mass is 362 g/mol. The Bertz CT molecular complexity index is 945. The quantitative estimate of drug-likeness (QED) is 0.755. The van der Waals surface area contributed by atoms with Gasteiger partial charge in [-0.25, -0.2) is 4.98 Å². The molecule has 0 spiro atoms. The van der Waals surface area contributed by atoms with Crippen molar-refractivity contribution in [3.8, 4) is 11.4 Å². The van der Waals surface area contributed by atoms with Crippen molar-refractivity contribution < 1.29 is 4.79 Å². The van der Waals surface area contributed by atoms with Gasteiger partial charge in [-0.3, -0.25) is 4.79 Å². The molecule has 5 heteroatoms. The Balaban J connectivity index is 1.68. The molecule has 0 bridgehead atoms. The van der Waals surface area contributed by atoms with Gasteiger partial charge >= 0.3 is 0 Å². The SMILES string of the molecule is CNC(=O)c1ccc(-c2nc3ccccc3n2CC[C@@H]2CCCN2C)cc1. The van der Waals surface area contributed by atoms with E-state index >= 15 is 0 Å². The Labute approximate surface area is 160 Å². The molecule has 2 heterocycles. The summed E-state index contributed by atoms with van der Waals surface area (Å²) in [5.74, 6) is 0.902. The lowest BCUT2D eigenvalue weighted by Gasteiger charge is -2.20. The lowest BCUT2D eigenvalue weighted by atomic mass is 10.1. The summed E-state index contributed by atoms with van der Waals surface area (Å²) in [5.41, 5.74) is 3.89. The molecule has 1 atom stereocenters. The summed E-state index contributed by atoms with van der Waals surface area (Å²) in [6.45, 7) is 2.14. The molecule has 1 aliphatic heterocycles. The minimum atomic E-state index is -0.0701. The summed E-state index contributed by atoms with van der Waals surface area (Å²) in [5, 5.41) is 2.66. The zero-order chi connectivity index (χ0) is 18.8. The average Bonchev–Trinajstić information content (AvgIpc) is 3.29. The number of amides is 1. The van der Waals surface area contributed by atoms with E-state index in [0.717, 1.165) is 29.9 Å². The number of imidazole rings is 1. The van der Waals surface area contributed by atoms with Crippen molar-refractivity contribution in [2.45, 2.75) is 31.8 Å². The van der Waals surface area contributed by atoms with Crippen molar-refractivity contribution in [3.63, 3.8) is 0 Å². The molecular weight excluding hydrogens is 336 g/mol. The van der Waals surface area contributed by atoms with E-state index in [9.17, 15) is 4.79 Å². The van der Waals surface area contributed by atoms with E-state index in [2.05, 4.69) is 40.0 Å². The molecule has 27 heavy (non-hydrogen) atoms. The van der Waals surface area contributed by atoms with E-state index in [1.54, 1.807) is 7.05 Å². The predicted octanol–water partition coefficient (Wildman–Crippen LogP) is 3.55. The van der Waals surface area contributed by atoms with Gasteiger partial charge in [0.15, 0.2) is 0 Å². The van der Waals surface area contributed by atoms with Gasteiger partial charge in [0, 0.05) is 30.8 Å². The molecule has 1 fully saturated rings. The maximum Gasteiger partial charge on any atom is 0.251 e. The summed E-state index contributed by atoms with van der Waals surface area (Å²) in [4.78, 5) is 19.2. The van der Waals surface area contributed by atoms with Gasteiger partial charge in [0.05, 0.1) is 11.0 Å². The van der Waals surface area contributed by atoms with Crippen LogP contribution in [0.2, 0.25) is 0 Å². The number of rotatable bonds is 5. The first-order valence-corrected chi connectivity index (χ1v) is 9.65. The van der Waals surface area contributed by atoms with Crippen LogP contribution in [0.1, 0.15) is 29.6 Å². The van der Waals surface area contributed by atoms with Gasteiger partial charge in [-0.1, -0.05) is 24.3 Å². The molecule has 1 aromatic heterocycles. The van der Waals surface area contributed by atoms with Crippen molar-refractivity contribution in [3.05, 3.63) is 54.1 Å². The third-order valence-corrected chi connectivity index (χ3v) is 5.64. The average molecular weight is 362 g/mol. The number of likely N-dealkylation sites (tertiary alicyclic amines) is 1. The molecule has 5 nitrogen and oxygen atoms in total. The third-order valence-electron chi connectivity index (χ3n) is 5.64. The first kappa shape index (κ1) is 17.7. The molecule has 4 rings (SSSR count). The van der Waals surface area contributed by atoms with E-state index in [1.807, 2.05) is 30.3 Å². The van der Waals surface area contributed by atoms with Crippen molar-refractivity contribution in [1.82, 2.24) is 19.8 Å². The van der Waals surface area contributed by atoms with Gasteiger partial charge in [-0.2, -0.15) is 0 Å². The zero-order valence-corrected chi connectivity index (χ0v) is 16.0. The maximum atomic E-state index is 11.8. The predicted molar refractivity (Wildman–Crippen MR) is 109 cm³/mol. The van der Waals surface area contributed by atoms with Crippen molar-refractivity contribution >= 4 is 16.9 Å². The lowest BCUT2D eigenvalue weighted by Crippen LogP contribution is -2.26. The maximum absolute atomic E-state index is 11.8. The summed E-state index contributed by atoms with van der Waals surface area (Å²) >= 11 is 0. The first-order valence-electron chi connectivity index (χ1n) is 9.65. The topological polar surface area (TPSA) is 50.2 Å². The minimum absolute atomic E-state index is 0.0701. The molecule has 140 valence electrons. The number of carbonyl (C=O) groups excluding carboxylic acids is 1. The molecular formula is C22H26N4O. The van der Waals surface area contributed by atoms with Crippen molar-refractivity contribution in [2.75, 3.05) is 20.6 Å². The fourth-order valence-corrected chi connectivity index (χ4v) is 4.06. The first-order chi connectivity index (χ1) is 13.2. The third kappa shape index (κ3) is 3.47. The number of para-hydroxylation sites is 2. The minimum Gasteiger partial charge on any atom is -0.355 e. The van der Waals surface area contributed by atoms with Crippen LogP contribution < -0.4 is 5.32 Å². The zero-order valence-electron chi connectivity index (χ0n) is 16.0. The van der Waals surface area contributed by atoms with Crippen LogP contribution in [0, 0.1) is 0 Å².